The van der Waals surface area contributed by atoms with Gasteiger partial charge in [0.25, 0.3) is 0 Å². The molecule has 3 rings (SSSR count). The van der Waals surface area contributed by atoms with Crippen molar-refractivity contribution in [2.75, 3.05) is 0 Å². The van der Waals surface area contributed by atoms with Crippen LogP contribution in [0.25, 0.3) is 0 Å². The van der Waals surface area contributed by atoms with Crippen LogP contribution in [0.4, 0.5) is 0 Å². The van der Waals surface area contributed by atoms with E-state index in [0.717, 1.165) is 29.7 Å². The Kier molecular flexibility index (Phi) is 3.46. The molecule has 1 aromatic heterocycles. The van der Waals surface area contributed by atoms with Crippen LogP contribution in [-0.2, 0) is 12.8 Å². The van der Waals surface area contributed by atoms with E-state index in [4.69, 9.17) is 11.6 Å². The largest absolute Gasteiger partial charge is 0.293 e. The van der Waals surface area contributed by atoms with Gasteiger partial charge >= 0.3 is 0 Å². The van der Waals surface area contributed by atoms with Gasteiger partial charge in [-0.25, -0.2) is 0 Å². The quantitative estimate of drug-likeness (QED) is 0.733. The highest BCUT2D eigenvalue weighted by molar-refractivity contribution is 7.13. The fourth-order valence-corrected chi connectivity index (χ4v) is 4.01. The third-order valence-electron chi connectivity index (χ3n) is 3.84. The number of Topliss-reactive ketones (excluding diaryl/α,β-unsaturated/α-hetero) is 1. The molecule has 0 bridgehead atoms. The van der Waals surface area contributed by atoms with E-state index >= 15 is 0 Å². The van der Waals surface area contributed by atoms with Gasteiger partial charge in [-0.05, 0) is 48.3 Å². The smallest absolute Gasteiger partial charge is 0.177 e. The highest BCUT2D eigenvalue weighted by Gasteiger charge is 2.27. The maximum atomic E-state index is 12.6. The van der Waals surface area contributed by atoms with Gasteiger partial charge in [0.05, 0.1) is 9.90 Å². The van der Waals surface area contributed by atoms with E-state index in [1.807, 2.05) is 18.4 Å². The number of benzene rings is 1. The molecule has 2 aromatic rings. The Balaban J connectivity index is 1.85. The van der Waals surface area contributed by atoms with E-state index in [2.05, 4.69) is 18.2 Å². The van der Waals surface area contributed by atoms with Gasteiger partial charge in [0.15, 0.2) is 5.78 Å². The predicted octanol–water partition coefficient (Wildman–Crippen LogP) is 4.70. The molecular formula is C16H15ClOS. The van der Waals surface area contributed by atoms with Crippen molar-refractivity contribution < 1.29 is 4.79 Å². The first kappa shape index (κ1) is 12.9. The van der Waals surface area contributed by atoms with E-state index in [9.17, 15) is 4.79 Å². The molecule has 3 heteroatoms. The second kappa shape index (κ2) is 5.10. The molecule has 19 heavy (non-hydrogen) atoms. The molecule has 1 nitrogen and oxygen atoms in total. The molecule has 0 amide bonds. The summed E-state index contributed by atoms with van der Waals surface area (Å²) in [7, 11) is 0. The normalized spacial score (nSPS) is 18.1. The molecule has 0 N–H and O–H groups in total. The monoisotopic (exact) mass is 290 g/mol. The minimum Gasteiger partial charge on any atom is -0.293 e. The fourth-order valence-electron chi connectivity index (χ4n) is 2.70. The number of hydrogen-bond acceptors (Lipinski definition) is 2. The second-order valence-electron chi connectivity index (χ2n) is 5.13. The van der Waals surface area contributed by atoms with Crippen LogP contribution in [0.1, 0.15) is 32.8 Å². The number of rotatable bonds is 2. The average molecular weight is 291 g/mol. The van der Waals surface area contributed by atoms with Crippen LogP contribution in [0.3, 0.4) is 0 Å². The number of thiophene rings is 1. The standard InChI is InChI=1S/C16H15ClOS/c1-10-9-19-16(14(10)17)15(18)13-7-6-11-4-2-3-5-12(11)8-13/h2-5,9,13H,6-8H2,1H3. The fraction of sp³-hybridized carbons (Fsp3) is 0.312. The molecule has 0 spiro atoms. The second-order valence-corrected chi connectivity index (χ2v) is 6.39. The van der Waals surface area contributed by atoms with Crippen LogP contribution in [-0.4, -0.2) is 5.78 Å². The van der Waals surface area contributed by atoms with Crippen LogP contribution in [0.15, 0.2) is 29.6 Å². The van der Waals surface area contributed by atoms with Gasteiger partial charge in [0.2, 0.25) is 0 Å². The van der Waals surface area contributed by atoms with E-state index < -0.39 is 0 Å². The number of hydrogen-bond donors (Lipinski definition) is 0. The zero-order valence-corrected chi connectivity index (χ0v) is 12.4. The zero-order valence-electron chi connectivity index (χ0n) is 10.8. The minimum atomic E-state index is 0.0884. The number of ketones is 1. The maximum absolute atomic E-state index is 12.6. The van der Waals surface area contributed by atoms with Crippen LogP contribution in [0, 0.1) is 12.8 Å². The average Bonchev–Trinajstić information content (AvgIpc) is 2.78. The van der Waals surface area contributed by atoms with Crippen LogP contribution < -0.4 is 0 Å². The number of fused-ring (bicyclic) bond motifs is 1. The topological polar surface area (TPSA) is 17.1 Å². The van der Waals surface area contributed by atoms with Gasteiger partial charge in [0.1, 0.15) is 0 Å². The van der Waals surface area contributed by atoms with Crippen molar-refractivity contribution in [2.45, 2.75) is 26.2 Å². The van der Waals surface area contributed by atoms with Gasteiger partial charge in [0, 0.05) is 5.92 Å². The van der Waals surface area contributed by atoms with Gasteiger partial charge < -0.3 is 0 Å². The van der Waals surface area contributed by atoms with Gasteiger partial charge in [-0.2, -0.15) is 0 Å². The summed E-state index contributed by atoms with van der Waals surface area (Å²) in [6.45, 7) is 1.95. The predicted molar refractivity (Wildman–Crippen MR) is 80.4 cm³/mol. The van der Waals surface area contributed by atoms with E-state index in [-0.39, 0.29) is 11.7 Å². The van der Waals surface area contributed by atoms with Crippen molar-refractivity contribution >= 4 is 28.7 Å². The van der Waals surface area contributed by atoms with Crippen molar-refractivity contribution in [3.63, 3.8) is 0 Å². The van der Waals surface area contributed by atoms with Crippen molar-refractivity contribution in [3.05, 3.63) is 56.2 Å². The van der Waals surface area contributed by atoms with E-state index in [1.54, 1.807) is 0 Å². The molecule has 1 aliphatic rings. The van der Waals surface area contributed by atoms with Crippen molar-refractivity contribution in [1.82, 2.24) is 0 Å². The van der Waals surface area contributed by atoms with Crippen LogP contribution in [0.2, 0.25) is 5.02 Å². The van der Waals surface area contributed by atoms with Crippen LogP contribution >= 0.6 is 22.9 Å². The lowest BCUT2D eigenvalue weighted by molar-refractivity contribution is 0.0913. The molecule has 0 radical (unpaired) electrons. The summed E-state index contributed by atoms with van der Waals surface area (Å²) in [5, 5.41) is 2.61. The molecule has 0 aliphatic heterocycles. The molecular weight excluding hydrogens is 276 g/mol. The summed E-state index contributed by atoms with van der Waals surface area (Å²) >= 11 is 7.69. The zero-order chi connectivity index (χ0) is 13.4. The van der Waals surface area contributed by atoms with Crippen molar-refractivity contribution in [1.29, 1.82) is 0 Å². The molecule has 0 saturated heterocycles. The summed E-state index contributed by atoms with van der Waals surface area (Å²) in [5.74, 6) is 0.308. The number of halogens is 1. The van der Waals surface area contributed by atoms with Crippen LogP contribution in [0.5, 0.6) is 0 Å². The summed E-state index contributed by atoms with van der Waals surface area (Å²) in [6, 6.07) is 8.42. The molecule has 1 heterocycles. The SMILES string of the molecule is Cc1csc(C(=O)C2CCc3ccccc3C2)c1Cl. The Hall–Kier alpha value is -1.12. The summed E-state index contributed by atoms with van der Waals surface area (Å²) in [5.41, 5.74) is 3.71. The first-order valence-corrected chi connectivity index (χ1v) is 7.77. The van der Waals surface area contributed by atoms with Gasteiger partial charge in [-0.3, -0.25) is 4.79 Å². The maximum Gasteiger partial charge on any atom is 0.177 e. The highest BCUT2D eigenvalue weighted by Crippen LogP contribution is 2.33. The third-order valence-corrected chi connectivity index (χ3v) is 5.55. The van der Waals surface area contributed by atoms with Gasteiger partial charge in [-0.15, -0.1) is 11.3 Å². The highest BCUT2D eigenvalue weighted by atomic mass is 35.5. The molecule has 98 valence electrons. The molecule has 1 aromatic carbocycles. The van der Waals surface area contributed by atoms with Gasteiger partial charge in [-0.1, -0.05) is 35.9 Å². The number of carbonyl (C=O) groups excluding carboxylic acids is 1. The third kappa shape index (κ3) is 2.35. The lowest BCUT2D eigenvalue weighted by Gasteiger charge is -2.23. The van der Waals surface area contributed by atoms with E-state index in [0.29, 0.717) is 5.02 Å². The lowest BCUT2D eigenvalue weighted by Crippen LogP contribution is -2.22. The Morgan fingerprint density at radius 1 is 1.32 bits per heavy atom. The Morgan fingerprint density at radius 2 is 2.05 bits per heavy atom. The number of carbonyl (C=O) groups is 1. The Morgan fingerprint density at radius 3 is 2.74 bits per heavy atom. The molecule has 0 saturated carbocycles. The first-order valence-electron chi connectivity index (χ1n) is 6.51. The number of aryl methyl sites for hydroxylation is 2. The summed E-state index contributed by atoms with van der Waals surface area (Å²) in [6.07, 6.45) is 2.78. The van der Waals surface area contributed by atoms with E-state index in [1.165, 1.54) is 22.5 Å². The summed E-state index contributed by atoms with van der Waals surface area (Å²) < 4.78 is 0. The minimum absolute atomic E-state index is 0.0884. The lowest BCUT2D eigenvalue weighted by atomic mass is 9.81. The van der Waals surface area contributed by atoms with Crippen molar-refractivity contribution in [2.24, 2.45) is 5.92 Å². The molecule has 1 unspecified atom stereocenters. The molecule has 1 aliphatic carbocycles. The summed E-state index contributed by atoms with van der Waals surface area (Å²) in [4.78, 5) is 13.3. The molecule has 0 fully saturated rings. The van der Waals surface area contributed by atoms with Crippen molar-refractivity contribution in [3.8, 4) is 0 Å². The Labute approximate surface area is 122 Å². The first-order chi connectivity index (χ1) is 9.16. The molecule has 1 atom stereocenters. The Bertz CT molecular complexity index is 629.